The number of nitrogens with one attached hydrogen (secondary N) is 1. The number of ether oxygens (including phenoxy) is 1. The zero-order valence-electron chi connectivity index (χ0n) is 17.9. The van der Waals surface area contributed by atoms with Crippen molar-refractivity contribution < 1.29 is 14.3 Å². The van der Waals surface area contributed by atoms with Crippen LogP contribution in [0.15, 0.2) is 48.0 Å². The third kappa shape index (κ3) is 5.07. The molecule has 168 valence electrons. The second kappa shape index (κ2) is 10.1. The lowest BCUT2D eigenvalue weighted by molar-refractivity contribution is -0.112. The van der Waals surface area contributed by atoms with Gasteiger partial charge >= 0.3 is 5.97 Å². The van der Waals surface area contributed by atoms with Crippen LogP contribution in [-0.4, -0.2) is 23.6 Å². The van der Waals surface area contributed by atoms with Crippen LogP contribution in [0.4, 0.5) is 5.69 Å². The first-order valence-corrected chi connectivity index (χ1v) is 10.8. The summed E-state index contributed by atoms with van der Waals surface area (Å²) in [6.45, 7) is 3.67. The highest BCUT2D eigenvalue weighted by atomic mass is 35.5. The number of hydrogen-bond acceptors (Lipinski definition) is 4. The van der Waals surface area contributed by atoms with E-state index in [0.717, 1.165) is 11.4 Å². The smallest absolute Gasteiger partial charge is 0.337 e. The van der Waals surface area contributed by atoms with Gasteiger partial charge in [-0.3, -0.25) is 4.79 Å². The fraction of sp³-hybridized carbons (Fsp3) is 0.125. The number of carbonyl (C=O) groups is 2. The number of nitrogens with zero attached hydrogens (tertiary/aromatic N) is 2. The monoisotopic (exact) mass is 501 g/mol. The molecule has 0 aliphatic rings. The summed E-state index contributed by atoms with van der Waals surface area (Å²) in [5, 5.41) is 13.1. The quantitative estimate of drug-likeness (QED) is 0.249. The number of aryl methyl sites for hydroxylation is 1. The van der Waals surface area contributed by atoms with Crippen molar-refractivity contribution in [2.45, 2.75) is 13.8 Å². The Balaban J connectivity index is 2.01. The van der Waals surface area contributed by atoms with Gasteiger partial charge in [-0.25, -0.2) is 4.79 Å². The average Bonchev–Trinajstić information content (AvgIpc) is 3.07. The van der Waals surface area contributed by atoms with Gasteiger partial charge in [0.1, 0.15) is 11.6 Å². The summed E-state index contributed by atoms with van der Waals surface area (Å²) >= 11 is 18.5. The first-order chi connectivity index (χ1) is 15.7. The Kier molecular flexibility index (Phi) is 7.50. The molecule has 1 amide bonds. The molecule has 3 aromatic rings. The second-order valence-corrected chi connectivity index (χ2v) is 8.24. The molecule has 0 spiro atoms. The number of rotatable bonds is 5. The van der Waals surface area contributed by atoms with Gasteiger partial charge in [0.15, 0.2) is 0 Å². The van der Waals surface area contributed by atoms with E-state index >= 15 is 0 Å². The predicted octanol–water partition coefficient (Wildman–Crippen LogP) is 6.39. The van der Waals surface area contributed by atoms with E-state index in [-0.39, 0.29) is 15.6 Å². The molecule has 0 fully saturated rings. The minimum absolute atomic E-state index is 0.124. The fourth-order valence-electron chi connectivity index (χ4n) is 3.33. The highest BCUT2D eigenvalue weighted by Crippen LogP contribution is 2.31. The van der Waals surface area contributed by atoms with Crippen LogP contribution in [0.3, 0.4) is 0 Å². The normalized spacial score (nSPS) is 11.1. The summed E-state index contributed by atoms with van der Waals surface area (Å²) in [5.74, 6) is -1.11. The van der Waals surface area contributed by atoms with Crippen LogP contribution in [-0.2, 0) is 9.53 Å². The number of halogens is 3. The van der Waals surface area contributed by atoms with Crippen molar-refractivity contribution in [1.29, 1.82) is 5.26 Å². The summed E-state index contributed by atoms with van der Waals surface area (Å²) < 4.78 is 6.63. The summed E-state index contributed by atoms with van der Waals surface area (Å²) in [6.07, 6.45) is 1.48. The molecule has 0 aliphatic heterocycles. The third-order valence-corrected chi connectivity index (χ3v) is 6.08. The van der Waals surface area contributed by atoms with Crippen molar-refractivity contribution in [3.8, 4) is 11.8 Å². The average molecular weight is 503 g/mol. The van der Waals surface area contributed by atoms with Gasteiger partial charge in [-0.05, 0) is 61.9 Å². The van der Waals surface area contributed by atoms with Gasteiger partial charge in [-0.1, -0.05) is 40.9 Å². The number of methoxy groups -OCH3 is 1. The molecule has 1 heterocycles. The Morgan fingerprint density at radius 3 is 2.48 bits per heavy atom. The molecular weight excluding hydrogens is 485 g/mol. The van der Waals surface area contributed by atoms with Crippen molar-refractivity contribution in [2.24, 2.45) is 0 Å². The minimum Gasteiger partial charge on any atom is -0.465 e. The molecule has 3 rings (SSSR count). The van der Waals surface area contributed by atoms with E-state index in [1.54, 1.807) is 36.4 Å². The van der Waals surface area contributed by atoms with E-state index in [1.807, 2.05) is 30.6 Å². The third-order valence-electron chi connectivity index (χ3n) is 4.94. The van der Waals surface area contributed by atoms with Crippen LogP contribution in [0.2, 0.25) is 15.1 Å². The van der Waals surface area contributed by atoms with Crippen LogP contribution in [0.25, 0.3) is 11.8 Å². The zero-order chi connectivity index (χ0) is 24.3. The second-order valence-electron chi connectivity index (χ2n) is 7.04. The summed E-state index contributed by atoms with van der Waals surface area (Å²) in [7, 11) is 1.30. The van der Waals surface area contributed by atoms with E-state index in [9.17, 15) is 14.9 Å². The molecule has 0 saturated heterocycles. The lowest BCUT2D eigenvalue weighted by atomic mass is 10.1. The summed E-state index contributed by atoms with van der Waals surface area (Å²) in [6, 6.07) is 13.4. The SMILES string of the molecule is COC(=O)c1ccc(Cl)c(-n2c(C)cc(/C=C(/C#N)C(=O)Nc3cccc(Cl)c3Cl)c2C)c1. The number of benzene rings is 2. The maximum absolute atomic E-state index is 12.7. The van der Waals surface area contributed by atoms with Crippen LogP contribution >= 0.6 is 34.8 Å². The Morgan fingerprint density at radius 2 is 1.82 bits per heavy atom. The van der Waals surface area contributed by atoms with Crippen molar-refractivity contribution in [1.82, 2.24) is 4.57 Å². The molecule has 1 N–H and O–H groups in total. The summed E-state index contributed by atoms with van der Waals surface area (Å²) in [4.78, 5) is 24.7. The molecule has 1 aromatic heterocycles. The maximum Gasteiger partial charge on any atom is 0.337 e. The van der Waals surface area contributed by atoms with Crippen LogP contribution in [0.1, 0.15) is 27.3 Å². The van der Waals surface area contributed by atoms with Crippen molar-refractivity contribution >= 4 is 58.4 Å². The first kappa shape index (κ1) is 24.4. The zero-order valence-corrected chi connectivity index (χ0v) is 20.1. The Morgan fingerprint density at radius 1 is 1.09 bits per heavy atom. The Bertz CT molecular complexity index is 1340. The first-order valence-electron chi connectivity index (χ1n) is 9.62. The molecule has 2 aromatic carbocycles. The largest absolute Gasteiger partial charge is 0.465 e. The number of amides is 1. The molecular formula is C24H18Cl3N3O3. The van der Waals surface area contributed by atoms with E-state index < -0.39 is 11.9 Å². The molecule has 9 heteroatoms. The van der Waals surface area contributed by atoms with Gasteiger partial charge < -0.3 is 14.6 Å². The van der Waals surface area contributed by atoms with Gasteiger partial charge in [0.05, 0.1) is 39.1 Å². The molecule has 0 saturated carbocycles. The topological polar surface area (TPSA) is 84.1 Å². The number of esters is 1. The minimum atomic E-state index is -0.628. The lowest BCUT2D eigenvalue weighted by Gasteiger charge is -2.13. The standard InChI is InChI=1S/C24H18Cl3N3O3/c1-13-9-16(10-17(12-28)23(31)29-20-6-4-5-19(26)22(20)27)14(2)30(13)21-11-15(24(32)33-3)7-8-18(21)25/h4-11H,1-3H3,(H,29,31)/b17-10-. The predicted molar refractivity (Wildman–Crippen MR) is 130 cm³/mol. The van der Waals surface area contributed by atoms with Crippen LogP contribution in [0.5, 0.6) is 0 Å². The number of nitriles is 1. The van der Waals surface area contributed by atoms with E-state index in [4.69, 9.17) is 39.5 Å². The number of anilines is 1. The van der Waals surface area contributed by atoms with Crippen LogP contribution in [0, 0.1) is 25.2 Å². The van der Waals surface area contributed by atoms with E-state index in [2.05, 4.69) is 5.32 Å². The highest BCUT2D eigenvalue weighted by molar-refractivity contribution is 6.44. The highest BCUT2D eigenvalue weighted by Gasteiger charge is 2.18. The summed E-state index contributed by atoms with van der Waals surface area (Å²) in [5.41, 5.74) is 3.24. The van der Waals surface area contributed by atoms with Gasteiger partial charge in [0.2, 0.25) is 0 Å². The number of aromatic nitrogens is 1. The van der Waals surface area contributed by atoms with E-state index in [0.29, 0.717) is 27.5 Å². The lowest BCUT2D eigenvalue weighted by Crippen LogP contribution is -2.13. The van der Waals surface area contributed by atoms with Crippen molar-refractivity contribution in [3.05, 3.63) is 85.6 Å². The molecule has 0 aliphatic carbocycles. The van der Waals surface area contributed by atoms with Crippen molar-refractivity contribution in [2.75, 3.05) is 12.4 Å². The molecule has 33 heavy (non-hydrogen) atoms. The van der Waals surface area contributed by atoms with Gasteiger partial charge in [0.25, 0.3) is 5.91 Å². The van der Waals surface area contributed by atoms with Gasteiger partial charge in [-0.15, -0.1) is 0 Å². The van der Waals surface area contributed by atoms with Gasteiger partial charge in [-0.2, -0.15) is 5.26 Å². The van der Waals surface area contributed by atoms with E-state index in [1.165, 1.54) is 13.2 Å². The molecule has 0 unspecified atom stereocenters. The molecule has 0 bridgehead atoms. The van der Waals surface area contributed by atoms with Crippen LogP contribution < -0.4 is 5.32 Å². The Labute approximate surface area is 205 Å². The Hall–Kier alpha value is -3.24. The molecule has 0 atom stereocenters. The van der Waals surface area contributed by atoms with Gasteiger partial charge in [0, 0.05) is 11.4 Å². The molecule has 0 radical (unpaired) electrons. The maximum atomic E-state index is 12.7. The molecule has 6 nitrogen and oxygen atoms in total. The number of carbonyl (C=O) groups excluding carboxylic acids is 2. The fourth-order valence-corrected chi connectivity index (χ4v) is 3.88. The van der Waals surface area contributed by atoms with Crippen molar-refractivity contribution in [3.63, 3.8) is 0 Å². The number of hydrogen-bond donors (Lipinski definition) is 1.